The Bertz CT molecular complexity index is 326. The predicted molar refractivity (Wildman–Crippen MR) is 64.3 cm³/mol. The third-order valence-electron chi connectivity index (χ3n) is 3.71. The second-order valence-electron chi connectivity index (χ2n) is 5.06. The Morgan fingerprint density at radius 1 is 1.25 bits per heavy atom. The second-order valence-corrected chi connectivity index (χ2v) is 5.06. The highest BCUT2D eigenvalue weighted by molar-refractivity contribution is 5.03. The summed E-state index contributed by atoms with van der Waals surface area (Å²) in [7, 11) is 0. The van der Waals surface area contributed by atoms with Gasteiger partial charge in [0.1, 0.15) is 5.82 Å². The third kappa shape index (κ3) is 2.43. The molecule has 2 rings (SSSR count). The summed E-state index contributed by atoms with van der Waals surface area (Å²) < 4.78 is 0. The molecule has 0 aliphatic heterocycles. The third-order valence-corrected chi connectivity index (χ3v) is 3.71. The normalized spacial score (nSPS) is 21.9. The monoisotopic (exact) mass is 222 g/mol. The summed E-state index contributed by atoms with van der Waals surface area (Å²) in [4.78, 5) is 4.61. The van der Waals surface area contributed by atoms with Gasteiger partial charge in [-0.25, -0.2) is 4.98 Å². The van der Waals surface area contributed by atoms with E-state index >= 15 is 0 Å². The Morgan fingerprint density at radius 3 is 2.56 bits per heavy atom. The van der Waals surface area contributed by atoms with Crippen LogP contribution in [0, 0.1) is 0 Å². The van der Waals surface area contributed by atoms with Crippen molar-refractivity contribution < 1.29 is 0 Å². The first kappa shape index (κ1) is 11.6. The number of nitrogens with zero attached hydrogens (tertiary/aromatic N) is 2. The minimum atomic E-state index is 0.106. The molecule has 90 valence electrons. The molecule has 2 unspecified atom stereocenters. The number of nitrogens with two attached hydrogens (primary N) is 1. The summed E-state index contributed by atoms with van der Waals surface area (Å²) >= 11 is 0. The zero-order chi connectivity index (χ0) is 11.5. The van der Waals surface area contributed by atoms with Crippen molar-refractivity contribution in [2.24, 2.45) is 5.73 Å². The zero-order valence-electron chi connectivity index (χ0n) is 10.2. The summed E-state index contributed by atoms with van der Waals surface area (Å²) in [5.41, 5.74) is 5.86. The molecule has 1 aromatic heterocycles. The molecule has 1 heterocycles. The molecule has 4 nitrogen and oxygen atoms in total. The Morgan fingerprint density at radius 2 is 1.94 bits per heavy atom. The fourth-order valence-corrected chi connectivity index (χ4v) is 2.29. The number of aromatic nitrogens is 3. The van der Waals surface area contributed by atoms with E-state index in [9.17, 15) is 0 Å². The summed E-state index contributed by atoms with van der Waals surface area (Å²) in [5, 5.41) is 7.39. The number of H-pyrrole nitrogens is 1. The zero-order valence-corrected chi connectivity index (χ0v) is 10.2. The van der Waals surface area contributed by atoms with Crippen LogP contribution in [0.3, 0.4) is 0 Å². The predicted octanol–water partition coefficient (Wildman–Crippen LogP) is 2.30. The molecule has 0 amide bonds. The number of hydrogen-bond donors (Lipinski definition) is 2. The Balaban J connectivity index is 2.06. The molecule has 2 atom stereocenters. The van der Waals surface area contributed by atoms with Crippen LogP contribution in [0.25, 0.3) is 0 Å². The fourth-order valence-electron chi connectivity index (χ4n) is 2.29. The van der Waals surface area contributed by atoms with E-state index in [0.717, 1.165) is 11.6 Å². The maximum atomic E-state index is 5.86. The van der Waals surface area contributed by atoms with Crippen molar-refractivity contribution in [1.82, 2.24) is 15.2 Å². The van der Waals surface area contributed by atoms with Crippen molar-refractivity contribution in [3.8, 4) is 0 Å². The van der Waals surface area contributed by atoms with Crippen LogP contribution in [-0.4, -0.2) is 21.2 Å². The van der Waals surface area contributed by atoms with E-state index in [0.29, 0.717) is 5.92 Å². The van der Waals surface area contributed by atoms with E-state index < -0.39 is 0 Å². The molecule has 0 spiro atoms. The summed E-state index contributed by atoms with van der Waals surface area (Å²) in [5.74, 6) is 2.77. The van der Waals surface area contributed by atoms with Gasteiger partial charge in [-0.3, -0.25) is 5.10 Å². The van der Waals surface area contributed by atoms with Crippen molar-refractivity contribution in [2.75, 3.05) is 0 Å². The van der Waals surface area contributed by atoms with Crippen molar-refractivity contribution in [2.45, 2.75) is 63.8 Å². The number of nitrogens with one attached hydrogen (secondary N) is 1. The highest BCUT2D eigenvalue weighted by atomic mass is 15.2. The van der Waals surface area contributed by atoms with Crippen molar-refractivity contribution in [3.05, 3.63) is 11.6 Å². The van der Waals surface area contributed by atoms with E-state index in [4.69, 9.17) is 5.73 Å². The quantitative estimate of drug-likeness (QED) is 0.824. The maximum absolute atomic E-state index is 5.86. The van der Waals surface area contributed by atoms with Gasteiger partial charge < -0.3 is 5.73 Å². The minimum Gasteiger partial charge on any atom is -0.327 e. The van der Waals surface area contributed by atoms with Gasteiger partial charge in [0.25, 0.3) is 0 Å². The molecule has 0 radical (unpaired) electrons. The van der Waals surface area contributed by atoms with Crippen molar-refractivity contribution in [3.63, 3.8) is 0 Å². The minimum absolute atomic E-state index is 0.106. The Hall–Kier alpha value is -0.900. The highest BCUT2D eigenvalue weighted by Gasteiger charge is 2.21. The van der Waals surface area contributed by atoms with Gasteiger partial charge in [-0.15, -0.1) is 0 Å². The molecule has 4 heteroatoms. The highest BCUT2D eigenvalue weighted by Crippen LogP contribution is 2.31. The lowest BCUT2D eigenvalue weighted by molar-refractivity contribution is 0.429. The molecule has 0 aromatic carbocycles. The average Bonchev–Trinajstić information content (AvgIpc) is 2.78. The number of hydrogen-bond acceptors (Lipinski definition) is 3. The molecule has 16 heavy (non-hydrogen) atoms. The van der Waals surface area contributed by atoms with Crippen LogP contribution in [-0.2, 0) is 0 Å². The largest absolute Gasteiger partial charge is 0.327 e. The first-order chi connectivity index (χ1) is 7.68. The molecule has 0 bridgehead atoms. The van der Waals surface area contributed by atoms with Gasteiger partial charge >= 0.3 is 0 Å². The van der Waals surface area contributed by atoms with Gasteiger partial charge in [0.05, 0.1) is 0 Å². The lowest BCUT2D eigenvalue weighted by Gasteiger charge is -2.18. The van der Waals surface area contributed by atoms with Gasteiger partial charge in [-0.05, 0) is 19.8 Å². The molecule has 1 aromatic rings. The van der Waals surface area contributed by atoms with Crippen LogP contribution in [0.4, 0.5) is 0 Å². The smallest absolute Gasteiger partial charge is 0.155 e. The van der Waals surface area contributed by atoms with E-state index in [1.54, 1.807) is 0 Å². The van der Waals surface area contributed by atoms with Crippen LogP contribution in [0.5, 0.6) is 0 Å². The van der Waals surface area contributed by atoms with E-state index in [1.165, 1.54) is 32.1 Å². The van der Waals surface area contributed by atoms with Gasteiger partial charge in [0.2, 0.25) is 0 Å². The van der Waals surface area contributed by atoms with E-state index in [1.807, 2.05) is 6.92 Å². The van der Waals surface area contributed by atoms with Crippen LogP contribution < -0.4 is 5.73 Å². The van der Waals surface area contributed by atoms with Crippen LogP contribution in [0.15, 0.2) is 0 Å². The molecular formula is C12H22N4. The lowest BCUT2D eigenvalue weighted by atomic mass is 9.89. The van der Waals surface area contributed by atoms with Gasteiger partial charge in [0, 0.05) is 17.9 Å². The van der Waals surface area contributed by atoms with Crippen molar-refractivity contribution in [1.29, 1.82) is 0 Å². The topological polar surface area (TPSA) is 67.6 Å². The number of rotatable bonds is 3. The number of aromatic amines is 1. The summed E-state index contributed by atoms with van der Waals surface area (Å²) in [6.45, 7) is 4.08. The van der Waals surface area contributed by atoms with Gasteiger partial charge in [-0.1, -0.05) is 26.2 Å². The molecular weight excluding hydrogens is 200 g/mol. The van der Waals surface area contributed by atoms with Gasteiger partial charge in [0.15, 0.2) is 5.82 Å². The van der Waals surface area contributed by atoms with E-state index in [-0.39, 0.29) is 12.0 Å². The fraction of sp³-hybridized carbons (Fsp3) is 0.833. The lowest BCUT2D eigenvalue weighted by Crippen LogP contribution is -2.23. The SMILES string of the molecule is CC(N)C(C)c1n[nH]c(C2CCCCC2)n1. The molecule has 1 aliphatic rings. The van der Waals surface area contributed by atoms with Crippen LogP contribution in [0.2, 0.25) is 0 Å². The summed E-state index contributed by atoms with van der Waals surface area (Å²) in [6, 6.07) is 0.106. The summed E-state index contributed by atoms with van der Waals surface area (Å²) in [6.07, 6.45) is 6.52. The molecule has 3 N–H and O–H groups in total. The molecule has 1 fully saturated rings. The Labute approximate surface area is 97.0 Å². The van der Waals surface area contributed by atoms with Crippen molar-refractivity contribution >= 4 is 0 Å². The van der Waals surface area contributed by atoms with E-state index in [2.05, 4.69) is 22.1 Å². The average molecular weight is 222 g/mol. The molecule has 1 aliphatic carbocycles. The van der Waals surface area contributed by atoms with Crippen LogP contribution >= 0.6 is 0 Å². The molecule has 0 saturated heterocycles. The van der Waals surface area contributed by atoms with Gasteiger partial charge in [-0.2, -0.15) is 5.10 Å². The second kappa shape index (κ2) is 4.95. The Kier molecular flexibility index (Phi) is 3.59. The first-order valence-electron chi connectivity index (χ1n) is 6.36. The first-order valence-corrected chi connectivity index (χ1v) is 6.36. The molecule has 1 saturated carbocycles. The van der Waals surface area contributed by atoms with Crippen LogP contribution in [0.1, 0.15) is 69.4 Å². The standard InChI is InChI=1S/C12H22N4/c1-8(9(2)13)11-14-12(16-15-11)10-6-4-3-5-7-10/h8-10H,3-7,13H2,1-2H3,(H,14,15,16). The maximum Gasteiger partial charge on any atom is 0.155 e.